The number of hydrogen-bond donors (Lipinski definition) is 2. The molecule has 0 radical (unpaired) electrons. The summed E-state index contributed by atoms with van der Waals surface area (Å²) >= 11 is 0. The van der Waals surface area contributed by atoms with Gasteiger partial charge in [0.2, 0.25) is 0 Å². The zero-order chi connectivity index (χ0) is 17.2. The fraction of sp³-hybridized carbons (Fsp3) is 0.444. The van der Waals surface area contributed by atoms with Gasteiger partial charge in [0.15, 0.2) is 5.96 Å². The molecule has 2 N–H and O–H groups in total. The summed E-state index contributed by atoms with van der Waals surface area (Å²) in [5, 5.41) is 6.67. The molecule has 0 aliphatic carbocycles. The molecule has 1 heterocycles. The van der Waals surface area contributed by atoms with E-state index in [1.54, 1.807) is 20.4 Å². The van der Waals surface area contributed by atoms with Crippen LogP contribution < -0.4 is 15.4 Å². The van der Waals surface area contributed by atoms with Gasteiger partial charge in [-0.05, 0) is 37.0 Å². The molecule has 0 aliphatic rings. The minimum absolute atomic E-state index is 0. The van der Waals surface area contributed by atoms with E-state index in [9.17, 15) is 0 Å². The van der Waals surface area contributed by atoms with Crippen LogP contribution in [0.15, 0.2) is 41.9 Å². The smallest absolute Gasteiger partial charge is 0.190 e. The highest BCUT2D eigenvalue weighted by Gasteiger charge is 2.02. The van der Waals surface area contributed by atoms with Crippen molar-refractivity contribution < 1.29 is 4.74 Å². The van der Waals surface area contributed by atoms with Crippen LogP contribution >= 0.6 is 24.0 Å². The summed E-state index contributed by atoms with van der Waals surface area (Å²) in [6, 6.07) is 6.33. The zero-order valence-electron chi connectivity index (χ0n) is 15.2. The third-order valence-electron chi connectivity index (χ3n) is 3.85. The van der Waals surface area contributed by atoms with E-state index in [1.165, 1.54) is 5.56 Å². The van der Waals surface area contributed by atoms with Crippen molar-refractivity contribution >= 4 is 29.9 Å². The van der Waals surface area contributed by atoms with E-state index in [2.05, 4.69) is 50.3 Å². The van der Waals surface area contributed by atoms with E-state index in [-0.39, 0.29) is 24.0 Å². The standard InChI is InChI=1S/C18H27N5O.HI/c1-15-5-6-16(13-17(15)24-3)7-9-22-18(19-2)21-8-4-11-23-12-10-20-14-23;/h5-6,10,12-14H,4,7-9,11H2,1-3H3,(H2,19,21,22);1H. The number of ether oxygens (including phenoxy) is 1. The monoisotopic (exact) mass is 457 g/mol. The van der Waals surface area contributed by atoms with Crippen molar-refractivity contribution in [2.75, 3.05) is 27.2 Å². The molecule has 7 heteroatoms. The van der Waals surface area contributed by atoms with Crippen molar-refractivity contribution in [3.05, 3.63) is 48.0 Å². The van der Waals surface area contributed by atoms with Crippen molar-refractivity contribution in [3.8, 4) is 5.75 Å². The molecule has 0 spiro atoms. The van der Waals surface area contributed by atoms with Crippen LogP contribution in [-0.2, 0) is 13.0 Å². The summed E-state index contributed by atoms with van der Waals surface area (Å²) in [6.45, 7) is 4.70. The average molecular weight is 457 g/mol. The van der Waals surface area contributed by atoms with Gasteiger partial charge in [-0.15, -0.1) is 24.0 Å². The summed E-state index contributed by atoms with van der Waals surface area (Å²) in [6.07, 6.45) is 7.55. The van der Waals surface area contributed by atoms with Crippen molar-refractivity contribution in [2.45, 2.75) is 26.3 Å². The lowest BCUT2D eigenvalue weighted by molar-refractivity contribution is 0.411. The Morgan fingerprint density at radius 2 is 2.08 bits per heavy atom. The molecule has 0 aliphatic heterocycles. The van der Waals surface area contributed by atoms with Gasteiger partial charge in [0, 0.05) is 39.1 Å². The molecule has 2 rings (SSSR count). The first-order valence-electron chi connectivity index (χ1n) is 8.26. The van der Waals surface area contributed by atoms with Crippen LogP contribution in [0.25, 0.3) is 0 Å². The van der Waals surface area contributed by atoms with Crippen LogP contribution in [-0.4, -0.2) is 42.8 Å². The van der Waals surface area contributed by atoms with Crippen LogP contribution in [0.4, 0.5) is 0 Å². The Kier molecular flexibility index (Phi) is 9.98. The first-order chi connectivity index (χ1) is 11.7. The van der Waals surface area contributed by atoms with E-state index < -0.39 is 0 Å². The number of aryl methyl sites for hydroxylation is 2. The SMILES string of the molecule is CN=C(NCCCn1ccnc1)NCCc1ccc(C)c(OC)c1.I. The number of nitrogens with zero attached hydrogens (tertiary/aromatic N) is 3. The Hall–Kier alpha value is -1.77. The number of rotatable bonds is 8. The van der Waals surface area contributed by atoms with Crippen LogP contribution in [0.2, 0.25) is 0 Å². The minimum Gasteiger partial charge on any atom is -0.496 e. The molecule has 1 aromatic heterocycles. The number of nitrogens with one attached hydrogen (secondary N) is 2. The lowest BCUT2D eigenvalue weighted by Gasteiger charge is -2.12. The number of halogens is 1. The van der Waals surface area contributed by atoms with Crippen LogP contribution in [0, 0.1) is 6.92 Å². The third-order valence-corrected chi connectivity index (χ3v) is 3.85. The van der Waals surface area contributed by atoms with Gasteiger partial charge in [0.05, 0.1) is 13.4 Å². The topological polar surface area (TPSA) is 63.5 Å². The molecule has 0 bridgehead atoms. The van der Waals surface area contributed by atoms with Gasteiger partial charge in [-0.25, -0.2) is 4.98 Å². The number of benzene rings is 1. The van der Waals surface area contributed by atoms with Gasteiger partial charge in [-0.1, -0.05) is 12.1 Å². The summed E-state index contributed by atoms with van der Waals surface area (Å²) < 4.78 is 7.44. The van der Waals surface area contributed by atoms with Gasteiger partial charge in [-0.3, -0.25) is 4.99 Å². The number of hydrogen-bond acceptors (Lipinski definition) is 3. The molecule has 25 heavy (non-hydrogen) atoms. The highest BCUT2D eigenvalue weighted by molar-refractivity contribution is 14.0. The van der Waals surface area contributed by atoms with E-state index in [4.69, 9.17) is 4.74 Å². The van der Waals surface area contributed by atoms with Crippen LogP contribution in [0.1, 0.15) is 17.5 Å². The molecule has 0 amide bonds. The normalized spacial score (nSPS) is 10.9. The van der Waals surface area contributed by atoms with Crippen LogP contribution in [0.5, 0.6) is 5.75 Å². The fourth-order valence-electron chi connectivity index (χ4n) is 2.45. The molecule has 0 fully saturated rings. The van der Waals surface area contributed by atoms with Crippen molar-refractivity contribution in [3.63, 3.8) is 0 Å². The molecule has 6 nitrogen and oxygen atoms in total. The Morgan fingerprint density at radius 3 is 2.76 bits per heavy atom. The zero-order valence-corrected chi connectivity index (χ0v) is 17.5. The largest absolute Gasteiger partial charge is 0.496 e. The molecular weight excluding hydrogens is 429 g/mol. The predicted molar refractivity (Wildman–Crippen MR) is 113 cm³/mol. The van der Waals surface area contributed by atoms with Crippen LogP contribution in [0.3, 0.4) is 0 Å². The number of imidazole rings is 1. The Labute approximate surface area is 167 Å². The number of guanidine groups is 1. The maximum atomic E-state index is 5.37. The Balaban J connectivity index is 0.00000312. The molecule has 138 valence electrons. The quantitative estimate of drug-likeness (QED) is 0.277. The Morgan fingerprint density at radius 1 is 1.28 bits per heavy atom. The molecule has 0 saturated carbocycles. The second kappa shape index (κ2) is 11.7. The molecular formula is C18H28IN5O. The lowest BCUT2D eigenvalue weighted by Crippen LogP contribution is -2.38. The fourth-order valence-corrected chi connectivity index (χ4v) is 2.45. The third kappa shape index (κ3) is 7.33. The first-order valence-corrected chi connectivity index (χ1v) is 8.26. The summed E-state index contributed by atoms with van der Waals surface area (Å²) in [5.41, 5.74) is 2.41. The predicted octanol–water partition coefficient (Wildman–Crippen LogP) is 2.62. The van der Waals surface area contributed by atoms with Crippen molar-refractivity contribution in [1.29, 1.82) is 0 Å². The van der Waals surface area contributed by atoms with Gasteiger partial charge in [0.1, 0.15) is 5.75 Å². The summed E-state index contributed by atoms with van der Waals surface area (Å²) in [5.74, 6) is 1.77. The second-order valence-corrected chi connectivity index (χ2v) is 5.63. The number of methoxy groups -OCH3 is 1. The van der Waals surface area contributed by atoms with Gasteiger partial charge < -0.3 is 19.9 Å². The highest BCUT2D eigenvalue weighted by Crippen LogP contribution is 2.18. The Bertz CT molecular complexity index is 643. The van der Waals surface area contributed by atoms with Gasteiger partial charge in [-0.2, -0.15) is 0 Å². The van der Waals surface area contributed by atoms with Crippen molar-refractivity contribution in [2.24, 2.45) is 4.99 Å². The van der Waals surface area contributed by atoms with E-state index in [1.807, 2.05) is 12.5 Å². The maximum Gasteiger partial charge on any atom is 0.190 e. The molecule has 0 saturated heterocycles. The molecule has 0 unspecified atom stereocenters. The average Bonchev–Trinajstić information content (AvgIpc) is 3.11. The highest BCUT2D eigenvalue weighted by atomic mass is 127. The van der Waals surface area contributed by atoms with E-state index in [0.717, 1.165) is 49.7 Å². The van der Waals surface area contributed by atoms with Gasteiger partial charge >= 0.3 is 0 Å². The molecule has 2 aromatic rings. The first kappa shape index (κ1) is 21.3. The summed E-state index contributed by atoms with van der Waals surface area (Å²) in [7, 11) is 3.50. The lowest BCUT2D eigenvalue weighted by atomic mass is 10.1. The minimum atomic E-state index is 0. The number of aromatic nitrogens is 2. The molecule has 0 atom stereocenters. The molecule has 1 aromatic carbocycles. The maximum absolute atomic E-state index is 5.37. The number of aliphatic imine (C=N–C) groups is 1. The van der Waals surface area contributed by atoms with E-state index in [0.29, 0.717) is 0 Å². The summed E-state index contributed by atoms with van der Waals surface area (Å²) in [4.78, 5) is 8.29. The van der Waals surface area contributed by atoms with Crippen molar-refractivity contribution in [1.82, 2.24) is 20.2 Å². The van der Waals surface area contributed by atoms with Gasteiger partial charge in [0.25, 0.3) is 0 Å². The second-order valence-electron chi connectivity index (χ2n) is 5.63. The van der Waals surface area contributed by atoms with E-state index >= 15 is 0 Å².